The number of carbonyl (C=O) groups is 1. The van der Waals surface area contributed by atoms with E-state index >= 15 is 0 Å². The summed E-state index contributed by atoms with van der Waals surface area (Å²) in [6.07, 6.45) is 3.02. The van der Waals surface area contributed by atoms with Crippen LogP contribution in [0.15, 0.2) is 30.3 Å². The van der Waals surface area contributed by atoms with Gasteiger partial charge in [-0.05, 0) is 0 Å². The van der Waals surface area contributed by atoms with Gasteiger partial charge in [-0.3, -0.25) is 4.79 Å². The Labute approximate surface area is 116 Å². The van der Waals surface area contributed by atoms with Gasteiger partial charge in [-0.15, -0.1) is 0 Å². The molecule has 0 bridgehead atoms. The Balaban J connectivity index is 0.000000385. The Morgan fingerprint density at radius 3 is 2.25 bits per heavy atom. The molecule has 0 saturated carbocycles. The first kappa shape index (κ1) is 15.9. The normalized spacial score (nSPS) is 8.62. The van der Waals surface area contributed by atoms with Gasteiger partial charge in [0.15, 0.2) is 0 Å². The zero-order valence-electron chi connectivity index (χ0n) is 10.3. The van der Waals surface area contributed by atoms with Gasteiger partial charge in [-0.1, -0.05) is 6.92 Å². The van der Waals surface area contributed by atoms with Crippen molar-refractivity contribution in [1.82, 2.24) is 0 Å². The number of benzene rings is 1. The van der Waals surface area contributed by atoms with Gasteiger partial charge >= 0.3 is 94.1 Å². The standard InChI is InChI=1S/C6H5.C4H9.C3H6O2.Ca/c1-2-4-6-5-3-1;1-3-4-2;1-2-3(4)5;/h1-5H;1,3-4H2,2H3;2H2,1H3,(H,4,5);. The van der Waals surface area contributed by atoms with Gasteiger partial charge in [0.25, 0.3) is 0 Å². The molecule has 0 atom stereocenters. The second-order valence-electron chi connectivity index (χ2n) is 3.69. The van der Waals surface area contributed by atoms with E-state index in [0.717, 1.165) is 0 Å². The van der Waals surface area contributed by atoms with E-state index in [1.54, 1.807) is 8.58 Å². The number of rotatable bonds is 5. The first-order valence-corrected chi connectivity index (χ1v) is 8.63. The molecular formula is C13H20CaO2. The third-order valence-corrected chi connectivity index (χ3v) is 5.18. The average Bonchev–Trinajstić information content (AvgIpc) is 2.31. The molecule has 1 N–H and O–H groups in total. The summed E-state index contributed by atoms with van der Waals surface area (Å²) in [5.74, 6) is -0.745. The molecule has 1 rings (SSSR count). The number of aliphatic carboxylic acids is 1. The van der Waals surface area contributed by atoms with E-state index < -0.39 is 5.97 Å². The molecule has 1 aromatic rings. The molecule has 0 aliphatic carbocycles. The average molecular weight is 248 g/mol. The van der Waals surface area contributed by atoms with E-state index in [0.29, 0.717) is 0 Å². The quantitative estimate of drug-likeness (QED) is 0.642. The van der Waals surface area contributed by atoms with Crippen LogP contribution in [0.4, 0.5) is 0 Å². The first-order chi connectivity index (χ1) is 7.70. The fourth-order valence-corrected chi connectivity index (χ4v) is 3.98. The number of hydrogen-bond donors (Lipinski definition) is 1. The van der Waals surface area contributed by atoms with Crippen molar-refractivity contribution in [2.75, 3.05) is 0 Å². The molecule has 0 saturated heterocycles. The summed E-state index contributed by atoms with van der Waals surface area (Å²) in [6.45, 7) is 3.87. The molecule has 0 radical (unpaired) electrons. The van der Waals surface area contributed by atoms with Gasteiger partial charge in [0.2, 0.25) is 0 Å². The molecule has 0 aromatic heterocycles. The van der Waals surface area contributed by atoms with Gasteiger partial charge < -0.3 is 5.11 Å². The van der Waals surface area contributed by atoms with E-state index in [2.05, 4.69) is 37.3 Å². The zero-order chi connectivity index (χ0) is 12.2. The van der Waals surface area contributed by atoms with Crippen molar-refractivity contribution in [3.8, 4) is 0 Å². The second-order valence-corrected chi connectivity index (χ2v) is 6.85. The first-order valence-electron chi connectivity index (χ1n) is 5.96. The second kappa shape index (κ2) is 11.4. The fraction of sp³-hybridized carbons (Fsp3) is 0.462. The number of carboxylic acids is 1. The predicted molar refractivity (Wildman–Crippen MR) is 69.5 cm³/mol. The minimum atomic E-state index is -0.745. The van der Waals surface area contributed by atoms with Crippen molar-refractivity contribution in [2.45, 2.75) is 35.6 Å². The molecule has 0 aliphatic heterocycles. The number of unbranched alkanes of at least 4 members (excludes halogenated alkanes) is 1. The van der Waals surface area contributed by atoms with Crippen molar-refractivity contribution >= 4 is 41.5 Å². The van der Waals surface area contributed by atoms with Crippen LogP contribution >= 0.6 is 0 Å². The SMILES string of the molecule is CCC(=O)O.CCC[CH2][Ca][c]1ccccc1. The molecule has 0 fully saturated rings. The molecule has 86 valence electrons. The van der Waals surface area contributed by atoms with Crippen LogP contribution in [-0.2, 0) is 4.79 Å². The van der Waals surface area contributed by atoms with Crippen LogP contribution in [0.1, 0.15) is 33.1 Å². The van der Waals surface area contributed by atoms with Gasteiger partial charge in [-0.25, -0.2) is 0 Å². The number of hydrogen-bond acceptors (Lipinski definition) is 1. The Bertz CT molecular complexity index is 273. The van der Waals surface area contributed by atoms with E-state index in [1.165, 1.54) is 15.4 Å². The molecule has 0 amide bonds. The summed E-state index contributed by atoms with van der Waals surface area (Å²) < 4.78 is 3.18. The van der Waals surface area contributed by atoms with Crippen LogP contribution in [0.2, 0.25) is 2.52 Å². The van der Waals surface area contributed by atoms with E-state index in [9.17, 15) is 4.79 Å². The van der Waals surface area contributed by atoms with Gasteiger partial charge in [0, 0.05) is 6.42 Å². The van der Waals surface area contributed by atoms with Crippen LogP contribution in [-0.4, -0.2) is 44.9 Å². The maximum atomic E-state index is 9.37. The van der Waals surface area contributed by atoms with E-state index in [-0.39, 0.29) is 40.3 Å². The fourth-order valence-electron chi connectivity index (χ4n) is 1.22. The van der Waals surface area contributed by atoms with E-state index in [1.807, 2.05) is 0 Å². The summed E-state index contributed by atoms with van der Waals surface area (Å²) in [7, 11) is 0. The molecule has 3 heteroatoms. The zero-order valence-corrected chi connectivity index (χ0v) is 12.5. The van der Waals surface area contributed by atoms with Crippen LogP contribution in [0.5, 0.6) is 0 Å². The summed E-state index contributed by atoms with van der Waals surface area (Å²) in [4.78, 5) is 9.37. The Morgan fingerprint density at radius 1 is 1.25 bits per heavy atom. The molecule has 0 heterocycles. The van der Waals surface area contributed by atoms with Crippen molar-refractivity contribution in [3.05, 3.63) is 30.3 Å². The molecule has 0 spiro atoms. The van der Waals surface area contributed by atoms with Crippen molar-refractivity contribution < 1.29 is 9.90 Å². The monoisotopic (exact) mass is 248 g/mol. The molecule has 0 aliphatic rings. The predicted octanol–water partition coefficient (Wildman–Crippen LogP) is 2.72. The molecule has 16 heavy (non-hydrogen) atoms. The van der Waals surface area contributed by atoms with Crippen LogP contribution < -0.4 is 1.66 Å². The van der Waals surface area contributed by atoms with Crippen molar-refractivity contribution in [3.63, 3.8) is 0 Å². The van der Waals surface area contributed by atoms with Crippen molar-refractivity contribution in [2.24, 2.45) is 0 Å². The molecular weight excluding hydrogens is 228 g/mol. The summed E-state index contributed by atoms with van der Waals surface area (Å²) >= 11 is -0.331. The molecule has 0 unspecified atom stereocenters. The summed E-state index contributed by atoms with van der Waals surface area (Å²) in [5, 5.41) is 7.72. The van der Waals surface area contributed by atoms with E-state index in [4.69, 9.17) is 5.11 Å². The Kier molecular flexibility index (Phi) is 11.4. The molecule has 2 nitrogen and oxygen atoms in total. The van der Waals surface area contributed by atoms with Crippen LogP contribution in [0.25, 0.3) is 0 Å². The third kappa shape index (κ3) is 10.5. The Hall–Kier alpha value is -0.0503. The molecule has 1 aromatic carbocycles. The van der Waals surface area contributed by atoms with Crippen molar-refractivity contribution in [1.29, 1.82) is 0 Å². The minimum absolute atomic E-state index is 0.222. The maximum absolute atomic E-state index is 9.37. The third-order valence-electron chi connectivity index (χ3n) is 2.21. The van der Waals surface area contributed by atoms with Crippen LogP contribution in [0, 0.1) is 0 Å². The summed E-state index contributed by atoms with van der Waals surface area (Å²) in [6, 6.07) is 11.0. The number of carboxylic acid groups (broad SMARTS) is 1. The van der Waals surface area contributed by atoms with Gasteiger partial charge in [0.1, 0.15) is 0 Å². The van der Waals surface area contributed by atoms with Gasteiger partial charge in [-0.2, -0.15) is 0 Å². The van der Waals surface area contributed by atoms with Crippen LogP contribution in [0.3, 0.4) is 0 Å². The topological polar surface area (TPSA) is 37.3 Å². The Morgan fingerprint density at radius 2 is 1.81 bits per heavy atom. The van der Waals surface area contributed by atoms with Gasteiger partial charge in [0.05, 0.1) is 0 Å². The summed E-state index contributed by atoms with van der Waals surface area (Å²) in [5.41, 5.74) is 0.